The normalized spacial score (nSPS) is 16.9. The van der Waals surface area contributed by atoms with Crippen molar-refractivity contribution in [2.24, 2.45) is 0 Å². The van der Waals surface area contributed by atoms with E-state index in [9.17, 15) is 9.59 Å². The predicted molar refractivity (Wildman–Crippen MR) is 96.6 cm³/mol. The first-order valence-corrected chi connectivity index (χ1v) is 9.15. The van der Waals surface area contributed by atoms with Crippen LogP contribution in [-0.4, -0.2) is 37.7 Å². The maximum Gasteiger partial charge on any atom is 0.321 e. The quantitative estimate of drug-likeness (QED) is 0.695. The second-order valence-electron chi connectivity index (χ2n) is 6.77. The summed E-state index contributed by atoms with van der Waals surface area (Å²) in [7, 11) is 1.95. The number of benzene rings is 1. The van der Waals surface area contributed by atoms with Crippen LogP contribution >= 0.6 is 0 Å². The van der Waals surface area contributed by atoms with Crippen molar-refractivity contribution in [3.05, 3.63) is 29.8 Å². The molecule has 0 radical (unpaired) electrons. The van der Waals surface area contributed by atoms with E-state index >= 15 is 0 Å². The monoisotopic (exact) mass is 348 g/mol. The molecule has 1 unspecified atom stereocenters. The minimum atomic E-state index is -0.377. The molecule has 3 amide bonds. The van der Waals surface area contributed by atoms with Crippen LogP contribution in [0.4, 0.5) is 4.79 Å². The van der Waals surface area contributed by atoms with Crippen LogP contribution in [0.15, 0.2) is 24.3 Å². The number of hydrogen-bond donors (Lipinski definition) is 3. The zero-order valence-electron chi connectivity index (χ0n) is 15.4. The number of rotatable bonds is 7. The summed E-state index contributed by atoms with van der Waals surface area (Å²) in [5.74, 6) is 0.595. The predicted octanol–water partition coefficient (Wildman–Crippen LogP) is 1.26. The first-order chi connectivity index (χ1) is 12.0. The van der Waals surface area contributed by atoms with Gasteiger partial charge in [0.2, 0.25) is 0 Å². The topological polar surface area (TPSA) is 71.9 Å². The third-order valence-electron chi connectivity index (χ3n) is 4.78. The lowest BCUT2D eigenvalue weighted by atomic mass is 10.2. The molecule has 6 heteroatoms. The molecule has 2 rings (SSSR count). The number of amides is 3. The number of carbonyl (C=O) groups is 2. The highest BCUT2D eigenvalue weighted by Gasteiger charge is 2.25. The average Bonchev–Trinajstić information content (AvgIpc) is 3.08. The van der Waals surface area contributed by atoms with Crippen molar-refractivity contribution < 1.29 is 19.2 Å². The number of hydrogen-bond acceptors (Lipinski definition) is 3. The highest BCUT2D eigenvalue weighted by Crippen LogP contribution is 2.17. The fraction of sp³-hybridized carbons (Fsp3) is 0.579. The lowest BCUT2D eigenvalue weighted by molar-refractivity contribution is -0.908. The van der Waals surface area contributed by atoms with Crippen LogP contribution in [0.1, 0.15) is 45.1 Å². The molecule has 1 saturated carbocycles. The van der Waals surface area contributed by atoms with Gasteiger partial charge in [0, 0.05) is 11.6 Å². The fourth-order valence-electron chi connectivity index (χ4n) is 3.08. The molecule has 0 heterocycles. The van der Waals surface area contributed by atoms with Crippen molar-refractivity contribution in [3.63, 3.8) is 0 Å². The standard InChI is InChI=1S/C19H29N3O3/c1-4-25-17-11-9-15(10-12-17)13-22(3)14(2)18(23)21-19(24)20-16-7-5-6-8-16/h9-12,14,16H,4-8,13H2,1-3H3,(H2,20,21,23,24)/p+1/t14-/m0/s1. The molecule has 0 aromatic heterocycles. The van der Waals surface area contributed by atoms with E-state index in [1.165, 1.54) is 0 Å². The maximum absolute atomic E-state index is 12.3. The zero-order valence-corrected chi connectivity index (χ0v) is 15.4. The molecule has 6 nitrogen and oxygen atoms in total. The van der Waals surface area contributed by atoms with Crippen LogP contribution in [0, 0.1) is 0 Å². The van der Waals surface area contributed by atoms with Crippen LogP contribution in [0.3, 0.4) is 0 Å². The molecule has 1 aromatic rings. The SMILES string of the molecule is CCOc1ccc(C[NH+](C)[C@@H](C)C(=O)NC(=O)NC2CCCC2)cc1. The summed E-state index contributed by atoms with van der Waals surface area (Å²) in [5, 5.41) is 5.35. The van der Waals surface area contributed by atoms with Crippen molar-refractivity contribution in [2.45, 2.75) is 58.2 Å². The van der Waals surface area contributed by atoms with Gasteiger partial charge in [-0.15, -0.1) is 0 Å². The Labute approximate surface area is 149 Å². The van der Waals surface area contributed by atoms with Gasteiger partial charge in [-0.3, -0.25) is 10.1 Å². The van der Waals surface area contributed by atoms with Crippen molar-refractivity contribution in [2.75, 3.05) is 13.7 Å². The molecule has 1 fully saturated rings. The van der Waals surface area contributed by atoms with Gasteiger partial charge in [0.1, 0.15) is 12.3 Å². The van der Waals surface area contributed by atoms with Gasteiger partial charge in [0.15, 0.2) is 6.04 Å². The van der Waals surface area contributed by atoms with E-state index in [0.717, 1.165) is 41.9 Å². The Morgan fingerprint density at radius 1 is 1.24 bits per heavy atom. The second-order valence-corrected chi connectivity index (χ2v) is 6.77. The van der Waals surface area contributed by atoms with Crippen molar-refractivity contribution in [3.8, 4) is 5.75 Å². The fourth-order valence-corrected chi connectivity index (χ4v) is 3.08. The number of urea groups is 1. The molecule has 1 aliphatic rings. The number of imide groups is 1. The maximum atomic E-state index is 12.3. The second kappa shape index (κ2) is 9.42. The minimum Gasteiger partial charge on any atom is -0.494 e. The number of ether oxygens (including phenoxy) is 1. The van der Waals surface area contributed by atoms with Crippen LogP contribution in [0.5, 0.6) is 5.75 Å². The summed E-state index contributed by atoms with van der Waals surface area (Å²) in [6, 6.07) is 7.39. The average molecular weight is 348 g/mol. The van der Waals surface area contributed by atoms with E-state index in [4.69, 9.17) is 4.74 Å². The van der Waals surface area contributed by atoms with Gasteiger partial charge in [-0.25, -0.2) is 4.79 Å². The summed E-state index contributed by atoms with van der Waals surface area (Å²) in [6.45, 7) is 5.13. The van der Waals surface area contributed by atoms with Crippen molar-refractivity contribution in [1.82, 2.24) is 10.6 Å². The minimum absolute atomic E-state index is 0.206. The largest absolute Gasteiger partial charge is 0.494 e. The third-order valence-corrected chi connectivity index (χ3v) is 4.78. The highest BCUT2D eigenvalue weighted by molar-refractivity contribution is 5.96. The highest BCUT2D eigenvalue weighted by atomic mass is 16.5. The molecule has 25 heavy (non-hydrogen) atoms. The number of likely N-dealkylation sites (N-methyl/N-ethyl adjacent to an activating group) is 1. The van der Waals surface area contributed by atoms with Crippen LogP contribution in [0.25, 0.3) is 0 Å². The molecular formula is C19H30N3O3+. The summed E-state index contributed by atoms with van der Waals surface area (Å²) in [4.78, 5) is 25.2. The van der Waals surface area contributed by atoms with Crippen molar-refractivity contribution in [1.29, 1.82) is 0 Å². The summed E-state index contributed by atoms with van der Waals surface area (Å²) in [6.07, 6.45) is 4.29. The number of carbonyl (C=O) groups excluding carboxylic acids is 2. The summed E-state index contributed by atoms with van der Waals surface area (Å²) < 4.78 is 5.43. The van der Waals surface area contributed by atoms with Gasteiger partial charge in [-0.05, 0) is 51.0 Å². The molecule has 138 valence electrons. The number of nitrogens with one attached hydrogen (secondary N) is 3. The molecule has 0 bridgehead atoms. The molecular weight excluding hydrogens is 318 g/mol. The molecule has 0 spiro atoms. The Morgan fingerprint density at radius 2 is 1.88 bits per heavy atom. The van der Waals surface area contributed by atoms with Gasteiger partial charge in [-0.1, -0.05) is 12.8 Å². The Kier molecular flexibility index (Phi) is 7.25. The Morgan fingerprint density at radius 3 is 2.48 bits per heavy atom. The van der Waals surface area contributed by atoms with E-state index in [2.05, 4.69) is 10.6 Å². The first-order valence-electron chi connectivity index (χ1n) is 9.15. The molecule has 0 aliphatic heterocycles. The van der Waals surface area contributed by atoms with Crippen LogP contribution in [-0.2, 0) is 11.3 Å². The third kappa shape index (κ3) is 6.05. The molecule has 1 aliphatic carbocycles. The summed E-state index contributed by atoms with van der Waals surface area (Å²) >= 11 is 0. The molecule has 2 atom stereocenters. The summed E-state index contributed by atoms with van der Waals surface area (Å²) in [5.41, 5.74) is 1.12. The Hall–Kier alpha value is -2.08. The van der Waals surface area contributed by atoms with Crippen LogP contribution < -0.4 is 20.3 Å². The van der Waals surface area contributed by atoms with E-state index in [1.807, 2.05) is 45.2 Å². The van der Waals surface area contributed by atoms with E-state index < -0.39 is 0 Å². The first kappa shape index (κ1) is 19.2. The lowest BCUT2D eigenvalue weighted by Crippen LogP contribution is -3.12. The molecule has 1 aromatic carbocycles. The van der Waals surface area contributed by atoms with E-state index in [1.54, 1.807) is 0 Å². The van der Waals surface area contributed by atoms with E-state index in [0.29, 0.717) is 13.2 Å². The molecule has 0 saturated heterocycles. The van der Waals surface area contributed by atoms with Gasteiger partial charge in [0.25, 0.3) is 5.91 Å². The van der Waals surface area contributed by atoms with E-state index in [-0.39, 0.29) is 24.0 Å². The Bertz CT molecular complexity index is 568. The van der Waals surface area contributed by atoms with Crippen molar-refractivity contribution >= 4 is 11.9 Å². The number of quaternary nitrogens is 1. The smallest absolute Gasteiger partial charge is 0.321 e. The van der Waals surface area contributed by atoms with Crippen LogP contribution in [0.2, 0.25) is 0 Å². The lowest BCUT2D eigenvalue weighted by Gasteiger charge is -2.21. The molecule has 3 N–H and O–H groups in total. The van der Waals surface area contributed by atoms with Gasteiger partial charge >= 0.3 is 6.03 Å². The van der Waals surface area contributed by atoms with Gasteiger partial charge in [0.05, 0.1) is 13.7 Å². The Balaban J connectivity index is 1.80. The van der Waals surface area contributed by atoms with Gasteiger partial charge < -0.3 is 15.0 Å². The zero-order chi connectivity index (χ0) is 18.2. The van der Waals surface area contributed by atoms with Gasteiger partial charge in [-0.2, -0.15) is 0 Å².